The van der Waals surface area contributed by atoms with Crippen molar-refractivity contribution in [3.8, 4) is 11.6 Å². The monoisotopic (exact) mass is 294 g/mol. The number of hydrogen-bond donors (Lipinski definition) is 1. The Balaban J connectivity index is 2.23. The van der Waals surface area contributed by atoms with Gasteiger partial charge in [0.25, 0.3) is 0 Å². The first kappa shape index (κ1) is 12.0. The van der Waals surface area contributed by atoms with Crippen LogP contribution in [0.1, 0.15) is 5.56 Å². The second-order valence-electron chi connectivity index (χ2n) is 3.36. The Morgan fingerprint density at radius 2 is 2.06 bits per heavy atom. The van der Waals surface area contributed by atoms with Crippen LogP contribution in [-0.4, -0.2) is 21.7 Å². The molecule has 0 amide bonds. The van der Waals surface area contributed by atoms with E-state index in [9.17, 15) is 0 Å². The quantitative estimate of drug-likeness (QED) is 0.881. The lowest BCUT2D eigenvalue weighted by Crippen LogP contribution is -1.96. The topological polar surface area (TPSA) is 55.2 Å². The van der Waals surface area contributed by atoms with Gasteiger partial charge in [0.05, 0.1) is 0 Å². The Bertz CT molecular complexity index is 505. The summed E-state index contributed by atoms with van der Waals surface area (Å²) in [6.07, 6.45) is 1.98. The lowest BCUT2D eigenvalue weighted by Gasteiger charge is -2.09. The molecule has 1 N–H and O–H groups in total. The smallest absolute Gasteiger partial charge is 0.223 e. The fourth-order valence-electron chi connectivity index (χ4n) is 1.42. The zero-order valence-corrected chi connectivity index (χ0v) is 10.6. The average Bonchev–Trinajstić information content (AvgIpc) is 2.32. The van der Waals surface area contributed by atoms with Gasteiger partial charge in [-0.2, -0.15) is 0 Å². The molecule has 17 heavy (non-hydrogen) atoms. The predicted molar refractivity (Wildman–Crippen MR) is 67.0 cm³/mol. The van der Waals surface area contributed by atoms with Crippen LogP contribution in [0.25, 0.3) is 0 Å². The molecule has 0 unspecified atom stereocenters. The number of halogens is 1. The molecule has 88 valence electrons. The van der Waals surface area contributed by atoms with Crippen LogP contribution < -0.4 is 4.74 Å². The number of benzene rings is 1. The van der Waals surface area contributed by atoms with Crippen molar-refractivity contribution in [3.05, 3.63) is 46.8 Å². The van der Waals surface area contributed by atoms with Gasteiger partial charge in [-0.1, -0.05) is 18.2 Å². The number of nitrogens with zero attached hydrogens (tertiary/aromatic N) is 2. The van der Waals surface area contributed by atoms with Crippen molar-refractivity contribution in [1.82, 2.24) is 9.97 Å². The van der Waals surface area contributed by atoms with Crippen molar-refractivity contribution in [2.24, 2.45) is 0 Å². The number of aromatic nitrogens is 2. The molecule has 2 rings (SSSR count). The summed E-state index contributed by atoms with van der Waals surface area (Å²) in [6, 6.07) is 9.25. The van der Waals surface area contributed by atoms with E-state index in [0.29, 0.717) is 22.7 Å². The number of hydrogen-bond acceptors (Lipinski definition) is 4. The molecule has 0 aliphatic carbocycles. The second-order valence-corrected chi connectivity index (χ2v) is 4.17. The van der Waals surface area contributed by atoms with Crippen molar-refractivity contribution in [1.29, 1.82) is 0 Å². The molecule has 0 fully saturated rings. The van der Waals surface area contributed by atoms with Crippen LogP contribution in [0.4, 0.5) is 0 Å². The molecule has 0 saturated carbocycles. The maximum Gasteiger partial charge on any atom is 0.223 e. The molecule has 1 aromatic carbocycles. The van der Waals surface area contributed by atoms with Gasteiger partial charge >= 0.3 is 0 Å². The van der Waals surface area contributed by atoms with Gasteiger partial charge < -0.3 is 9.84 Å². The van der Waals surface area contributed by atoms with Gasteiger partial charge in [0.1, 0.15) is 16.7 Å². The summed E-state index contributed by atoms with van der Waals surface area (Å²) in [4.78, 5) is 7.94. The Morgan fingerprint density at radius 3 is 2.82 bits per heavy atom. The first-order valence-electron chi connectivity index (χ1n) is 5.14. The summed E-state index contributed by atoms with van der Waals surface area (Å²) in [5.74, 6) is 1.17. The first-order valence-corrected chi connectivity index (χ1v) is 5.93. The maximum absolute atomic E-state index is 8.97. The SMILES string of the molecule is OCCc1ccccc1Oc1cc(Br)ncn1. The third kappa shape index (κ3) is 3.25. The van der Waals surface area contributed by atoms with Gasteiger partial charge in [-0.3, -0.25) is 0 Å². The molecule has 0 bridgehead atoms. The van der Waals surface area contributed by atoms with Gasteiger partial charge in [-0.05, 0) is 34.0 Å². The van der Waals surface area contributed by atoms with Crippen LogP contribution in [0.5, 0.6) is 11.6 Å². The third-order valence-electron chi connectivity index (χ3n) is 2.18. The van der Waals surface area contributed by atoms with Crippen molar-refractivity contribution in [2.45, 2.75) is 6.42 Å². The van der Waals surface area contributed by atoms with E-state index < -0.39 is 0 Å². The van der Waals surface area contributed by atoms with Crippen molar-refractivity contribution in [2.75, 3.05) is 6.61 Å². The third-order valence-corrected chi connectivity index (χ3v) is 2.61. The summed E-state index contributed by atoms with van der Waals surface area (Å²) in [5.41, 5.74) is 0.949. The second kappa shape index (κ2) is 5.75. The number of rotatable bonds is 4. The van der Waals surface area contributed by atoms with Crippen LogP contribution in [0.3, 0.4) is 0 Å². The lowest BCUT2D eigenvalue weighted by molar-refractivity contribution is 0.297. The summed E-state index contributed by atoms with van der Waals surface area (Å²) in [5, 5.41) is 8.97. The van der Waals surface area contributed by atoms with Gasteiger partial charge in [-0.15, -0.1) is 0 Å². The zero-order chi connectivity index (χ0) is 12.1. The van der Waals surface area contributed by atoms with Crippen LogP contribution in [-0.2, 0) is 6.42 Å². The van der Waals surface area contributed by atoms with Crippen molar-refractivity contribution < 1.29 is 9.84 Å². The summed E-state index contributed by atoms with van der Waals surface area (Å²) < 4.78 is 6.32. The van der Waals surface area contributed by atoms with Gasteiger partial charge in [0.2, 0.25) is 5.88 Å². The lowest BCUT2D eigenvalue weighted by atomic mass is 10.1. The maximum atomic E-state index is 8.97. The summed E-state index contributed by atoms with van der Waals surface area (Å²) >= 11 is 3.25. The molecule has 0 saturated heterocycles. The standard InChI is InChI=1S/C12H11BrN2O2/c13-11-7-12(15-8-14-11)17-10-4-2-1-3-9(10)5-6-16/h1-4,7-8,16H,5-6H2. The molecule has 5 heteroatoms. The average molecular weight is 295 g/mol. The molecule has 0 atom stereocenters. The fourth-order valence-corrected chi connectivity index (χ4v) is 1.70. The molecule has 0 spiro atoms. The fraction of sp³-hybridized carbons (Fsp3) is 0.167. The molecule has 0 radical (unpaired) electrons. The molecule has 4 nitrogen and oxygen atoms in total. The number of aliphatic hydroxyl groups excluding tert-OH is 1. The van der Waals surface area contributed by atoms with Crippen molar-refractivity contribution >= 4 is 15.9 Å². The highest BCUT2D eigenvalue weighted by Crippen LogP contribution is 2.24. The van der Waals surface area contributed by atoms with Crippen molar-refractivity contribution in [3.63, 3.8) is 0 Å². The van der Waals surface area contributed by atoms with E-state index in [1.807, 2.05) is 24.3 Å². The minimum Gasteiger partial charge on any atom is -0.439 e. The number of ether oxygens (including phenoxy) is 1. The predicted octanol–water partition coefficient (Wildman–Crippen LogP) is 2.57. The molecular weight excluding hydrogens is 284 g/mol. The first-order chi connectivity index (χ1) is 8.29. The van der Waals surface area contributed by atoms with E-state index >= 15 is 0 Å². The highest BCUT2D eigenvalue weighted by atomic mass is 79.9. The van der Waals surface area contributed by atoms with Crippen LogP contribution >= 0.6 is 15.9 Å². The van der Waals surface area contributed by atoms with E-state index in [2.05, 4.69) is 25.9 Å². The zero-order valence-electron chi connectivity index (χ0n) is 9.01. The van der Waals surface area contributed by atoms with Gasteiger partial charge in [0.15, 0.2) is 0 Å². The molecule has 2 aromatic rings. The summed E-state index contributed by atoms with van der Waals surface area (Å²) in [6.45, 7) is 0.0911. The Kier molecular flexibility index (Phi) is 4.06. The van der Waals surface area contributed by atoms with E-state index in [4.69, 9.17) is 9.84 Å². The Labute approximate surface area is 107 Å². The molecule has 1 aromatic heterocycles. The molecule has 1 heterocycles. The number of aliphatic hydroxyl groups is 1. The van der Waals surface area contributed by atoms with Crippen LogP contribution in [0.2, 0.25) is 0 Å². The Morgan fingerprint density at radius 1 is 1.24 bits per heavy atom. The minimum atomic E-state index is 0.0911. The molecule has 0 aliphatic heterocycles. The minimum absolute atomic E-state index is 0.0911. The van der Waals surface area contributed by atoms with Crippen LogP contribution in [0, 0.1) is 0 Å². The van der Waals surface area contributed by atoms with E-state index in [0.717, 1.165) is 5.56 Å². The van der Waals surface area contributed by atoms with E-state index in [1.165, 1.54) is 6.33 Å². The van der Waals surface area contributed by atoms with E-state index in [-0.39, 0.29) is 6.61 Å². The van der Waals surface area contributed by atoms with Crippen LogP contribution in [0.15, 0.2) is 41.3 Å². The molecular formula is C12H11BrN2O2. The largest absolute Gasteiger partial charge is 0.439 e. The van der Waals surface area contributed by atoms with Gasteiger partial charge in [-0.25, -0.2) is 9.97 Å². The molecule has 0 aliphatic rings. The number of para-hydroxylation sites is 1. The summed E-state index contributed by atoms with van der Waals surface area (Å²) in [7, 11) is 0. The van der Waals surface area contributed by atoms with Gasteiger partial charge in [0, 0.05) is 12.7 Å². The van der Waals surface area contributed by atoms with E-state index in [1.54, 1.807) is 6.07 Å². The normalized spacial score (nSPS) is 10.2. The highest BCUT2D eigenvalue weighted by molar-refractivity contribution is 9.10. The highest BCUT2D eigenvalue weighted by Gasteiger charge is 2.05. The Hall–Kier alpha value is -1.46.